The number of benzene rings is 2. The lowest BCUT2D eigenvalue weighted by Crippen LogP contribution is -2.04. The minimum atomic E-state index is -0.885. The highest BCUT2D eigenvalue weighted by Crippen LogP contribution is 2.26. The summed E-state index contributed by atoms with van der Waals surface area (Å²) in [6.07, 6.45) is 1.64. The van der Waals surface area contributed by atoms with Crippen LogP contribution in [0.2, 0.25) is 0 Å². The Kier molecular flexibility index (Phi) is 5.15. The molecule has 29 heavy (non-hydrogen) atoms. The van der Waals surface area contributed by atoms with Crippen molar-refractivity contribution in [1.29, 1.82) is 0 Å². The van der Waals surface area contributed by atoms with E-state index < -0.39 is 11.6 Å². The zero-order valence-corrected chi connectivity index (χ0v) is 15.5. The molecule has 0 aliphatic heterocycles. The van der Waals surface area contributed by atoms with Crippen LogP contribution in [-0.4, -0.2) is 27.3 Å². The van der Waals surface area contributed by atoms with Gasteiger partial charge in [-0.3, -0.25) is 5.10 Å². The monoisotopic (exact) mass is 393 g/mol. The number of rotatable bonds is 6. The van der Waals surface area contributed by atoms with Crippen molar-refractivity contribution >= 4 is 5.82 Å². The van der Waals surface area contributed by atoms with E-state index in [-0.39, 0.29) is 6.54 Å². The fourth-order valence-corrected chi connectivity index (χ4v) is 2.85. The maximum absolute atomic E-state index is 13.4. The van der Waals surface area contributed by atoms with Crippen LogP contribution in [0.5, 0.6) is 5.75 Å². The van der Waals surface area contributed by atoms with Crippen molar-refractivity contribution in [2.24, 2.45) is 0 Å². The van der Waals surface area contributed by atoms with E-state index >= 15 is 0 Å². The van der Waals surface area contributed by atoms with Crippen molar-refractivity contribution in [2.75, 3.05) is 12.4 Å². The molecule has 4 rings (SSSR count). The van der Waals surface area contributed by atoms with Crippen LogP contribution in [0.4, 0.5) is 14.6 Å². The first kappa shape index (κ1) is 18.5. The zero-order chi connectivity index (χ0) is 20.2. The SMILES string of the molecule is COc1cccc(-c2n[nH]c(-c3cccnc3NCc3ccc(F)c(F)c3)n2)c1. The van der Waals surface area contributed by atoms with Crippen molar-refractivity contribution in [3.05, 3.63) is 78.0 Å². The van der Waals surface area contributed by atoms with E-state index in [0.29, 0.717) is 34.3 Å². The molecular weight excluding hydrogens is 376 g/mol. The molecule has 0 fully saturated rings. The largest absolute Gasteiger partial charge is 0.497 e. The van der Waals surface area contributed by atoms with Crippen molar-refractivity contribution < 1.29 is 13.5 Å². The lowest BCUT2D eigenvalue weighted by molar-refractivity contribution is 0.415. The highest BCUT2D eigenvalue weighted by Gasteiger charge is 2.13. The molecule has 0 atom stereocenters. The van der Waals surface area contributed by atoms with Crippen LogP contribution in [0.3, 0.4) is 0 Å². The van der Waals surface area contributed by atoms with Gasteiger partial charge in [-0.25, -0.2) is 18.7 Å². The van der Waals surface area contributed by atoms with Crippen LogP contribution < -0.4 is 10.1 Å². The fourth-order valence-electron chi connectivity index (χ4n) is 2.85. The third-order valence-corrected chi connectivity index (χ3v) is 4.32. The minimum absolute atomic E-state index is 0.276. The summed E-state index contributed by atoms with van der Waals surface area (Å²) in [4.78, 5) is 8.89. The number of halogens is 2. The molecule has 0 saturated heterocycles. The molecule has 0 aliphatic rings. The maximum Gasteiger partial charge on any atom is 0.181 e. The van der Waals surface area contributed by atoms with Crippen LogP contribution in [0.1, 0.15) is 5.56 Å². The van der Waals surface area contributed by atoms with E-state index in [2.05, 4.69) is 25.5 Å². The number of nitrogens with zero attached hydrogens (tertiary/aromatic N) is 3. The molecule has 2 aromatic carbocycles. The molecule has 146 valence electrons. The normalized spacial score (nSPS) is 10.7. The molecule has 6 nitrogen and oxygen atoms in total. The van der Waals surface area contributed by atoms with Crippen LogP contribution in [0.15, 0.2) is 60.8 Å². The van der Waals surface area contributed by atoms with Crippen LogP contribution in [0, 0.1) is 11.6 Å². The van der Waals surface area contributed by atoms with Crippen molar-refractivity contribution in [1.82, 2.24) is 20.2 Å². The molecule has 0 radical (unpaired) electrons. The molecular formula is C21H17F2N5O. The standard InChI is InChI=1S/C21H17F2N5O/c1-29-15-5-2-4-14(11-15)19-26-21(28-27-19)16-6-3-9-24-20(16)25-12-13-7-8-17(22)18(23)10-13/h2-11H,12H2,1H3,(H,24,25)(H,26,27,28). The molecule has 4 aromatic rings. The quantitative estimate of drug-likeness (QED) is 0.507. The predicted octanol–water partition coefficient (Wildman–Crippen LogP) is 4.43. The van der Waals surface area contributed by atoms with Gasteiger partial charge in [0.2, 0.25) is 0 Å². The molecule has 2 N–H and O–H groups in total. The maximum atomic E-state index is 13.4. The van der Waals surface area contributed by atoms with Gasteiger partial charge in [0.15, 0.2) is 23.3 Å². The number of hydrogen-bond donors (Lipinski definition) is 2. The average Bonchev–Trinajstić information content (AvgIpc) is 3.25. The van der Waals surface area contributed by atoms with Gasteiger partial charge in [-0.1, -0.05) is 18.2 Å². The Labute approximate surface area is 165 Å². The molecule has 0 amide bonds. The van der Waals surface area contributed by atoms with E-state index in [0.717, 1.165) is 17.7 Å². The fraction of sp³-hybridized carbons (Fsp3) is 0.0952. The van der Waals surface area contributed by atoms with Gasteiger partial charge in [-0.05, 0) is 42.0 Å². The van der Waals surface area contributed by atoms with Gasteiger partial charge in [-0.2, -0.15) is 5.10 Å². The second-order valence-electron chi connectivity index (χ2n) is 6.24. The summed E-state index contributed by atoms with van der Waals surface area (Å²) in [5.74, 6) is 0.551. The topological polar surface area (TPSA) is 75.7 Å². The Bertz CT molecular complexity index is 1150. The number of anilines is 1. The van der Waals surface area contributed by atoms with E-state index in [4.69, 9.17) is 4.74 Å². The molecule has 0 aliphatic carbocycles. The Balaban J connectivity index is 1.58. The third kappa shape index (κ3) is 4.06. The molecule has 2 aromatic heterocycles. The number of nitrogens with one attached hydrogen (secondary N) is 2. The van der Waals surface area contributed by atoms with Crippen LogP contribution >= 0.6 is 0 Å². The van der Waals surface area contributed by atoms with Crippen LogP contribution in [-0.2, 0) is 6.54 Å². The lowest BCUT2D eigenvalue weighted by atomic mass is 10.2. The highest BCUT2D eigenvalue weighted by atomic mass is 19.2. The summed E-state index contributed by atoms with van der Waals surface area (Å²) >= 11 is 0. The summed E-state index contributed by atoms with van der Waals surface area (Å²) in [6.45, 7) is 0.276. The number of hydrogen-bond acceptors (Lipinski definition) is 5. The molecule has 0 saturated carbocycles. The van der Waals surface area contributed by atoms with Crippen molar-refractivity contribution in [3.8, 4) is 28.5 Å². The number of H-pyrrole nitrogens is 1. The van der Waals surface area contributed by atoms with E-state index in [9.17, 15) is 8.78 Å². The third-order valence-electron chi connectivity index (χ3n) is 4.32. The van der Waals surface area contributed by atoms with Gasteiger partial charge in [0.05, 0.1) is 12.7 Å². The second kappa shape index (κ2) is 8.05. The minimum Gasteiger partial charge on any atom is -0.497 e. The summed E-state index contributed by atoms with van der Waals surface area (Å²) in [5.41, 5.74) is 2.11. The number of ether oxygens (including phenoxy) is 1. The zero-order valence-electron chi connectivity index (χ0n) is 15.5. The van der Waals surface area contributed by atoms with E-state index in [1.807, 2.05) is 30.3 Å². The summed E-state index contributed by atoms with van der Waals surface area (Å²) < 4.78 is 31.8. The first-order chi connectivity index (χ1) is 14.1. The average molecular weight is 393 g/mol. The van der Waals surface area contributed by atoms with E-state index in [1.165, 1.54) is 6.07 Å². The Hall–Kier alpha value is -3.81. The first-order valence-electron chi connectivity index (χ1n) is 8.84. The predicted molar refractivity (Wildman–Crippen MR) is 105 cm³/mol. The van der Waals surface area contributed by atoms with Gasteiger partial charge < -0.3 is 10.1 Å². The van der Waals surface area contributed by atoms with Gasteiger partial charge in [0.25, 0.3) is 0 Å². The van der Waals surface area contributed by atoms with Gasteiger partial charge >= 0.3 is 0 Å². The molecule has 0 spiro atoms. The molecule has 2 heterocycles. The number of aromatic nitrogens is 4. The lowest BCUT2D eigenvalue weighted by Gasteiger charge is -2.09. The molecule has 0 unspecified atom stereocenters. The Morgan fingerprint density at radius 1 is 1.03 bits per heavy atom. The summed E-state index contributed by atoms with van der Waals surface area (Å²) in [6, 6.07) is 14.8. The van der Waals surface area contributed by atoms with Crippen LogP contribution in [0.25, 0.3) is 22.8 Å². The highest BCUT2D eigenvalue weighted by molar-refractivity contribution is 5.71. The Morgan fingerprint density at radius 3 is 2.76 bits per heavy atom. The smallest absolute Gasteiger partial charge is 0.181 e. The summed E-state index contributed by atoms with van der Waals surface area (Å²) in [5, 5.41) is 10.3. The number of methoxy groups -OCH3 is 1. The van der Waals surface area contributed by atoms with Crippen molar-refractivity contribution in [2.45, 2.75) is 6.54 Å². The molecule has 8 heteroatoms. The second-order valence-corrected chi connectivity index (χ2v) is 6.24. The Morgan fingerprint density at radius 2 is 1.93 bits per heavy atom. The first-order valence-corrected chi connectivity index (χ1v) is 8.84. The van der Waals surface area contributed by atoms with Gasteiger partial charge in [0, 0.05) is 18.3 Å². The van der Waals surface area contributed by atoms with Crippen molar-refractivity contribution in [3.63, 3.8) is 0 Å². The van der Waals surface area contributed by atoms with E-state index in [1.54, 1.807) is 19.4 Å². The summed E-state index contributed by atoms with van der Waals surface area (Å²) in [7, 11) is 1.60. The van der Waals surface area contributed by atoms with Gasteiger partial charge in [0.1, 0.15) is 11.6 Å². The molecule has 0 bridgehead atoms. The number of pyridine rings is 1. The number of aromatic amines is 1. The van der Waals surface area contributed by atoms with Gasteiger partial charge in [-0.15, -0.1) is 0 Å².